The lowest BCUT2D eigenvalue weighted by atomic mass is 10.0. The molecule has 1 fully saturated rings. The fourth-order valence-electron chi connectivity index (χ4n) is 4.54. The van der Waals surface area contributed by atoms with Crippen LogP contribution < -0.4 is 5.32 Å². The molecule has 5 rings (SSSR count). The Hall–Kier alpha value is -4.07. The third-order valence-electron chi connectivity index (χ3n) is 6.54. The van der Waals surface area contributed by atoms with Crippen LogP contribution in [0.15, 0.2) is 84.9 Å². The van der Waals surface area contributed by atoms with Gasteiger partial charge in [0.15, 0.2) is 0 Å². The molecule has 1 heterocycles. The molecule has 0 saturated carbocycles. The van der Waals surface area contributed by atoms with E-state index in [0.717, 1.165) is 54.9 Å². The summed E-state index contributed by atoms with van der Waals surface area (Å²) in [5.41, 5.74) is 4.71. The SMILES string of the molecule is O=C(NCc1cccc2cc(CN3CCOCC3)ccc12)c1ccc(-c2ccc([N+](=O)[O-])cc2)cc1. The Morgan fingerprint density at radius 3 is 2.31 bits per heavy atom. The van der Waals surface area contributed by atoms with Gasteiger partial charge in [-0.2, -0.15) is 0 Å². The van der Waals surface area contributed by atoms with E-state index in [-0.39, 0.29) is 11.6 Å². The van der Waals surface area contributed by atoms with Crippen molar-refractivity contribution in [3.63, 3.8) is 0 Å². The molecule has 182 valence electrons. The first kappa shape index (κ1) is 23.7. The Morgan fingerprint density at radius 2 is 1.61 bits per heavy atom. The summed E-state index contributed by atoms with van der Waals surface area (Å²) in [5.74, 6) is -0.147. The summed E-state index contributed by atoms with van der Waals surface area (Å²) in [6.45, 7) is 4.84. The fraction of sp³-hybridized carbons (Fsp3) is 0.207. The lowest BCUT2D eigenvalue weighted by Gasteiger charge is -2.26. The summed E-state index contributed by atoms with van der Waals surface area (Å²) in [6, 6.07) is 26.3. The molecule has 7 nitrogen and oxygen atoms in total. The van der Waals surface area contributed by atoms with Gasteiger partial charge in [-0.3, -0.25) is 19.8 Å². The second-order valence-electron chi connectivity index (χ2n) is 8.93. The molecule has 1 aliphatic rings. The van der Waals surface area contributed by atoms with Gasteiger partial charge in [0, 0.05) is 43.9 Å². The number of nitrogens with zero attached hydrogens (tertiary/aromatic N) is 2. The van der Waals surface area contributed by atoms with Crippen molar-refractivity contribution < 1.29 is 14.5 Å². The van der Waals surface area contributed by atoms with Gasteiger partial charge in [-0.25, -0.2) is 0 Å². The van der Waals surface area contributed by atoms with Crippen molar-refractivity contribution in [2.24, 2.45) is 0 Å². The maximum absolute atomic E-state index is 12.8. The number of hydrogen-bond donors (Lipinski definition) is 1. The zero-order chi connectivity index (χ0) is 24.9. The molecule has 0 aromatic heterocycles. The number of carbonyl (C=O) groups excluding carboxylic acids is 1. The first-order valence-electron chi connectivity index (χ1n) is 12.0. The maximum Gasteiger partial charge on any atom is 0.269 e. The minimum absolute atomic E-state index is 0.0523. The highest BCUT2D eigenvalue weighted by atomic mass is 16.6. The fourth-order valence-corrected chi connectivity index (χ4v) is 4.54. The summed E-state index contributed by atoms with van der Waals surface area (Å²) in [4.78, 5) is 25.6. The Labute approximate surface area is 209 Å². The molecule has 0 bridgehead atoms. The Kier molecular flexibility index (Phi) is 7.02. The third kappa shape index (κ3) is 5.43. The van der Waals surface area contributed by atoms with Crippen molar-refractivity contribution in [3.05, 3.63) is 112 Å². The zero-order valence-corrected chi connectivity index (χ0v) is 19.9. The number of carbonyl (C=O) groups is 1. The predicted octanol–water partition coefficient (Wildman–Crippen LogP) is 5.18. The highest BCUT2D eigenvalue weighted by Gasteiger charge is 2.12. The van der Waals surface area contributed by atoms with Crippen molar-refractivity contribution in [2.75, 3.05) is 26.3 Å². The molecular weight excluding hydrogens is 454 g/mol. The second kappa shape index (κ2) is 10.7. The van der Waals surface area contributed by atoms with Crippen LogP contribution in [0.3, 0.4) is 0 Å². The van der Waals surface area contributed by atoms with Gasteiger partial charge in [0.05, 0.1) is 18.1 Å². The van der Waals surface area contributed by atoms with Gasteiger partial charge in [-0.1, -0.05) is 42.5 Å². The van der Waals surface area contributed by atoms with E-state index in [1.54, 1.807) is 24.3 Å². The average Bonchev–Trinajstić information content (AvgIpc) is 2.92. The van der Waals surface area contributed by atoms with Crippen molar-refractivity contribution in [1.82, 2.24) is 10.2 Å². The van der Waals surface area contributed by atoms with Gasteiger partial charge in [-0.05, 0) is 63.4 Å². The van der Waals surface area contributed by atoms with Gasteiger partial charge in [-0.15, -0.1) is 0 Å². The minimum Gasteiger partial charge on any atom is -0.379 e. The van der Waals surface area contributed by atoms with Crippen LogP contribution in [-0.4, -0.2) is 42.0 Å². The topological polar surface area (TPSA) is 84.7 Å². The van der Waals surface area contributed by atoms with E-state index in [2.05, 4.69) is 34.5 Å². The van der Waals surface area contributed by atoms with Crippen LogP contribution >= 0.6 is 0 Å². The van der Waals surface area contributed by atoms with E-state index >= 15 is 0 Å². The Morgan fingerprint density at radius 1 is 0.917 bits per heavy atom. The number of ether oxygens (including phenoxy) is 1. The highest BCUT2D eigenvalue weighted by molar-refractivity contribution is 5.95. The van der Waals surface area contributed by atoms with Crippen LogP contribution in [0.4, 0.5) is 5.69 Å². The molecule has 0 aliphatic carbocycles. The number of non-ortho nitro benzene ring substituents is 1. The van der Waals surface area contributed by atoms with Gasteiger partial charge >= 0.3 is 0 Å². The van der Waals surface area contributed by atoms with Gasteiger partial charge in [0.2, 0.25) is 0 Å². The summed E-state index contributed by atoms with van der Waals surface area (Å²) < 4.78 is 5.44. The molecule has 1 aliphatic heterocycles. The van der Waals surface area contributed by atoms with Crippen LogP contribution in [0.5, 0.6) is 0 Å². The van der Waals surface area contributed by atoms with Crippen LogP contribution in [-0.2, 0) is 17.8 Å². The summed E-state index contributed by atoms with van der Waals surface area (Å²) in [5, 5.41) is 16.2. The molecule has 0 spiro atoms. The monoisotopic (exact) mass is 481 g/mol. The van der Waals surface area contributed by atoms with E-state index in [9.17, 15) is 14.9 Å². The average molecular weight is 482 g/mol. The summed E-state index contributed by atoms with van der Waals surface area (Å²) in [6.07, 6.45) is 0. The number of nitrogens with one attached hydrogen (secondary N) is 1. The Balaban J connectivity index is 1.23. The molecule has 0 radical (unpaired) electrons. The highest BCUT2D eigenvalue weighted by Crippen LogP contribution is 2.24. The first-order chi connectivity index (χ1) is 17.6. The maximum atomic E-state index is 12.8. The largest absolute Gasteiger partial charge is 0.379 e. The number of amides is 1. The second-order valence-corrected chi connectivity index (χ2v) is 8.93. The Bertz CT molecular complexity index is 1380. The van der Waals surface area contributed by atoms with Crippen LogP contribution in [0.1, 0.15) is 21.5 Å². The molecule has 7 heteroatoms. The van der Waals surface area contributed by atoms with E-state index in [0.29, 0.717) is 12.1 Å². The molecule has 4 aromatic rings. The lowest BCUT2D eigenvalue weighted by Crippen LogP contribution is -2.35. The number of hydrogen-bond acceptors (Lipinski definition) is 5. The quantitative estimate of drug-likeness (QED) is 0.291. The molecule has 36 heavy (non-hydrogen) atoms. The van der Waals surface area contributed by atoms with Gasteiger partial charge < -0.3 is 10.1 Å². The number of rotatable bonds is 7. The predicted molar refractivity (Wildman–Crippen MR) is 140 cm³/mol. The van der Waals surface area contributed by atoms with Crippen molar-refractivity contribution in [1.29, 1.82) is 0 Å². The molecule has 1 N–H and O–H groups in total. The molecule has 1 amide bonds. The van der Waals surface area contributed by atoms with E-state index in [4.69, 9.17) is 4.74 Å². The lowest BCUT2D eigenvalue weighted by molar-refractivity contribution is -0.384. The normalized spacial score (nSPS) is 14.0. The molecule has 0 unspecified atom stereocenters. The molecule has 4 aromatic carbocycles. The van der Waals surface area contributed by atoms with Crippen LogP contribution in [0.2, 0.25) is 0 Å². The molecule has 0 atom stereocenters. The van der Waals surface area contributed by atoms with Gasteiger partial charge in [0.1, 0.15) is 0 Å². The van der Waals surface area contributed by atoms with E-state index in [1.807, 2.05) is 24.3 Å². The number of nitro groups is 1. The smallest absolute Gasteiger partial charge is 0.269 e. The van der Waals surface area contributed by atoms with Crippen molar-refractivity contribution in [3.8, 4) is 11.1 Å². The van der Waals surface area contributed by atoms with Crippen molar-refractivity contribution >= 4 is 22.4 Å². The van der Waals surface area contributed by atoms with E-state index in [1.165, 1.54) is 23.1 Å². The third-order valence-corrected chi connectivity index (χ3v) is 6.54. The number of fused-ring (bicyclic) bond motifs is 1. The molecular formula is C29H27N3O4. The number of morpholine rings is 1. The summed E-state index contributed by atoms with van der Waals surface area (Å²) in [7, 11) is 0. The van der Waals surface area contributed by atoms with Crippen LogP contribution in [0.25, 0.3) is 21.9 Å². The minimum atomic E-state index is -0.419. The number of benzene rings is 4. The standard InChI is InChI=1S/C29H27N3O4/c33-29(24-7-5-22(6-8-24)23-9-11-27(12-10-23)32(34)35)30-19-26-3-1-2-25-18-21(4-13-28(25)26)20-31-14-16-36-17-15-31/h1-13,18H,14-17,19-20H2,(H,30,33). The first-order valence-corrected chi connectivity index (χ1v) is 12.0. The number of nitro benzene ring substituents is 1. The van der Waals surface area contributed by atoms with Gasteiger partial charge in [0.25, 0.3) is 11.6 Å². The van der Waals surface area contributed by atoms with E-state index < -0.39 is 4.92 Å². The zero-order valence-electron chi connectivity index (χ0n) is 19.9. The summed E-state index contributed by atoms with van der Waals surface area (Å²) >= 11 is 0. The van der Waals surface area contributed by atoms with Crippen molar-refractivity contribution in [2.45, 2.75) is 13.1 Å². The van der Waals surface area contributed by atoms with Crippen LogP contribution in [0, 0.1) is 10.1 Å². The molecule has 1 saturated heterocycles.